The minimum atomic E-state index is -2.92. The van der Waals surface area contributed by atoms with Gasteiger partial charge in [0.15, 0.2) is 5.96 Å². The van der Waals surface area contributed by atoms with Crippen molar-refractivity contribution in [3.63, 3.8) is 0 Å². The SMILES string of the molecule is CN=C(NCC(=O)Nc1ccc(F)cc1)NCc1cc(C)ccc1OC(F)F.I. The third-order valence-electron chi connectivity index (χ3n) is 3.65. The van der Waals surface area contributed by atoms with E-state index in [1.165, 1.54) is 37.4 Å². The van der Waals surface area contributed by atoms with E-state index in [9.17, 15) is 18.0 Å². The number of hydrogen-bond acceptors (Lipinski definition) is 3. The monoisotopic (exact) mass is 522 g/mol. The Balaban J connectivity index is 0.00000420. The van der Waals surface area contributed by atoms with Crippen molar-refractivity contribution in [1.82, 2.24) is 10.6 Å². The minimum absolute atomic E-state index is 0. The van der Waals surface area contributed by atoms with Crippen LogP contribution < -0.4 is 20.7 Å². The van der Waals surface area contributed by atoms with Crippen LogP contribution in [0.5, 0.6) is 5.75 Å². The van der Waals surface area contributed by atoms with E-state index in [2.05, 4.69) is 25.7 Å². The van der Waals surface area contributed by atoms with Crippen molar-refractivity contribution in [2.24, 2.45) is 4.99 Å². The summed E-state index contributed by atoms with van der Waals surface area (Å²) in [5, 5.41) is 8.35. The number of alkyl halides is 2. The normalized spacial score (nSPS) is 10.9. The van der Waals surface area contributed by atoms with Crippen LogP contribution in [0.2, 0.25) is 0 Å². The number of amides is 1. The van der Waals surface area contributed by atoms with Gasteiger partial charge in [-0.2, -0.15) is 8.78 Å². The van der Waals surface area contributed by atoms with Gasteiger partial charge in [0.25, 0.3) is 0 Å². The Morgan fingerprint density at radius 2 is 1.83 bits per heavy atom. The molecule has 0 atom stereocenters. The zero-order valence-corrected chi connectivity index (χ0v) is 18.2. The topological polar surface area (TPSA) is 74.8 Å². The van der Waals surface area contributed by atoms with Gasteiger partial charge in [-0.3, -0.25) is 9.79 Å². The predicted molar refractivity (Wildman–Crippen MR) is 116 cm³/mol. The smallest absolute Gasteiger partial charge is 0.387 e. The summed E-state index contributed by atoms with van der Waals surface area (Å²) < 4.78 is 42.5. The van der Waals surface area contributed by atoms with Gasteiger partial charge in [-0.15, -0.1) is 24.0 Å². The number of anilines is 1. The lowest BCUT2D eigenvalue weighted by Gasteiger charge is -2.15. The number of halogens is 4. The van der Waals surface area contributed by atoms with Gasteiger partial charge < -0.3 is 20.7 Å². The Hall–Kier alpha value is -2.50. The van der Waals surface area contributed by atoms with E-state index >= 15 is 0 Å². The Morgan fingerprint density at radius 3 is 2.45 bits per heavy atom. The summed E-state index contributed by atoms with van der Waals surface area (Å²) in [5.41, 5.74) is 1.88. The van der Waals surface area contributed by atoms with Crippen molar-refractivity contribution in [2.75, 3.05) is 18.9 Å². The van der Waals surface area contributed by atoms with Crippen molar-refractivity contribution in [2.45, 2.75) is 20.1 Å². The lowest BCUT2D eigenvalue weighted by molar-refractivity contribution is -0.115. The number of aryl methyl sites for hydroxylation is 1. The fourth-order valence-corrected chi connectivity index (χ4v) is 2.36. The molecule has 0 heterocycles. The van der Waals surface area contributed by atoms with Crippen LogP contribution >= 0.6 is 24.0 Å². The summed E-state index contributed by atoms with van der Waals surface area (Å²) in [6.07, 6.45) is 0. The van der Waals surface area contributed by atoms with E-state index in [1.807, 2.05) is 6.92 Å². The number of hydrogen-bond donors (Lipinski definition) is 3. The molecule has 29 heavy (non-hydrogen) atoms. The van der Waals surface area contributed by atoms with Gasteiger partial charge in [0.05, 0.1) is 6.54 Å². The maximum absolute atomic E-state index is 12.9. The zero-order chi connectivity index (χ0) is 20.5. The average molecular weight is 522 g/mol. The highest BCUT2D eigenvalue weighted by Gasteiger charge is 2.11. The van der Waals surface area contributed by atoms with Gasteiger partial charge in [0.2, 0.25) is 5.91 Å². The predicted octanol–water partition coefficient (Wildman–Crippen LogP) is 3.66. The highest BCUT2D eigenvalue weighted by atomic mass is 127. The highest BCUT2D eigenvalue weighted by molar-refractivity contribution is 14.0. The molecule has 3 N–H and O–H groups in total. The van der Waals surface area contributed by atoms with Crippen LogP contribution in [0.15, 0.2) is 47.5 Å². The number of nitrogens with one attached hydrogen (secondary N) is 3. The van der Waals surface area contributed by atoms with Crippen molar-refractivity contribution >= 4 is 41.5 Å². The fraction of sp³-hybridized carbons (Fsp3) is 0.263. The Bertz CT molecular complexity index is 833. The molecule has 2 aromatic carbocycles. The van der Waals surface area contributed by atoms with E-state index < -0.39 is 12.4 Å². The van der Waals surface area contributed by atoms with Gasteiger partial charge in [-0.05, 0) is 37.3 Å². The first-order chi connectivity index (χ1) is 13.4. The fourth-order valence-electron chi connectivity index (χ4n) is 2.36. The first-order valence-corrected chi connectivity index (χ1v) is 8.41. The zero-order valence-electron chi connectivity index (χ0n) is 15.8. The second kappa shape index (κ2) is 12.1. The van der Waals surface area contributed by atoms with Gasteiger partial charge in [-0.25, -0.2) is 4.39 Å². The lowest BCUT2D eigenvalue weighted by atomic mass is 10.1. The quantitative estimate of drug-likeness (QED) is 0.295. The number of carbonyl (C=O) groups is 1. The number of nitrogens with zero attached hydrogens (tertiary/aromatic N) is 1. The first-order valence-electron chi connectivity index (χ1n) is 8.41. The van der Waals surface area contributed by atoms with Crippen LogP contribution in [-0.2, 0) is 11.3 Å². The Morgan fingerprint density at radius 1 is 1.14 bits per heavy atom. The van der Waals surface area contributed by atoms with Crippen LogP contribution in [0.3, 0.4) is 0 Å². The maximum Gasteiger partial charge on any atom is 0.387 e. The summed E-state index contributed by atoms with van der Waals surface area (Å²) in [4.78, 5) is 15.9. The summed E-state index contributed by atoms with van der Waals surface area (Å²) in [6.45, 7) is -1.01. The summed E-state index contributed by atoms with van der Waals surface area (Å²) in [5.74, 6) is -0.379. The summed E-state index contributed by atoms with van der Waals surface area (Å²) in [6, 6.07) is 10.2. The van der Waals surface area contributed by atoms with E-state index in [-0.39, 0.29) is 48.7 Å². The number of carbonyl (C=O) groups excluding carboxylic acids is 1. The van der Waals surface area contributed by atoms with Crippen molar-refractivity contribution in [3.05, 3.63) is 59.4 Å². The van der Waals surface area contributed by atoms with E-state index in [4.69, 9.17) is 0 Å². The van der Waals surface area contributed by atoms with Crippen LogP contribution in [-0.4, -0.2) is 32.1 Å². The third kappa shape index (κ3) is 8.59. The molecule has 0 radical (unpaired) electrons. The van der Waals surface area contributed by atoms with E-state index in [0.29, 0.717) is 17.2 Å². The van der Waals surface area contributed by atoms with Gasteiger partial charge in [0.1, 0.15) is 11.6 Å². The largest absolute Gasteiger partial charge is 0.434 e. The summed E-state index contributed by atoms with van der Waals surface area (Å²) >= 11 is 0. The third-order valence-corrected chi connectivity index (χ3v) is 3.65. The minimum Gasteiger partial charge on any atom is -0.434 e. The average Bonchev–Trinajstić information content (AvgIpc) is 2.65. The molecule has 0 bridgehead atoms. The molecule has 0 unspecified atom stereocenters. The van der Waals surface area contributed by atoms with Crippen LogP contribution in [0.4, 0.5) is 18.9 Å². The second-order valence-electron chi connectivity index (χ2n) is 5.82. The molecule has 0 aliphatic carbocycles. The van der Waals surface area contributed by atoms with E-state index in [0.717, 1.165) is 5.56 Å². The maximum atomic E-state index is 12.9. The molecule has 0 fully saturated rings. The van der Waals surface area contributed by atoms with Crippen molar-refractivity contribution in [3.8, 4) is 5.75 Å². The molecule has 2 rings (SSSR count). The summed E-state index contributed by atoms with van der Waals surface area (Å²) in [7, 11) is 1.51. The standard InChI is InChI=1S/C19H21F3N4O2.HI/c1-12-3-8-16(28-18(21)22)13(9-12)10-24-19(23-2)25-11-17(27)26-15-6-4-14(20)5-7-15;/h3-9,18H,10-11H2,1-2H3,(H,26,27)(H2,23,24,25);1H. The molecule has 158 valence electrons. The molecule has 0 aliphatic rings. The van der Waals surface area contributed by atoms with Crippen molar-refractivity contribution < 1.29 is 22.7 Å². The number of aliphatic imine (C=N–C) groups is 1. The van der Waals surface area contributed by atoms with Gasteiger partial charge in [-0.1, -0.05) is 17.7 Å². The van der Waals surface area contributed by atoms with Crippen LogP contribution in [0.1, 0.15) is 11.1 Å². The molecule has 1 amide bonds. The molecule has 0 saturated heterocycles. The molecule has 6 nitrogen and oxygen atoms in total. The van der Waals surface area contributed by atoms with Gasteiger partial charge >= 0.3 is 6.61 Å². The van der Waals surface area contributed by atoms with E-state index in [1.54, 1.807) is 12.1 Å². The Labute approximate surface area is 184 Å². The molecule has 0 aromatic heterocycles. The number of rotatable bonds is 7. The van der Waals surface area contributed by atoms with Crippen LogP contribution in [0, 0.1) is 12.7 Å². The number of ether oxygens (including phenoxy) is 1. The molecular weight excluding hydrogens is 500 g/mol. The molecule has 0 spiro atoms. The first kappa shape index (κ1) is 24.5. The van der Waals surface area contributed by atoms with Crippen LogP contribution in [0.25, 0.3) is 0 Å². The Kier molecular flexibility index (Phi) is 10.3. The molecule has 10 heteroatoms. The van der Waals surface area contributed by atoms with Crippen molar-refractivity contribution in [1.29, 1.82) is 0 Å². The lowest BCUT2D eigenvalue weighted by Crippen LogP contribution is -2.41. The number of benzene rings is 2. The molecule has 2 aromatic rings. The highest BCUT2D eigenvalue weighted by Crippen LogP contribution is 2.21. The number of guanidine groups is 1. The molecule has 0 saturated carbocycles. The second-order valence-corrected chi connectivity index (χ2v) is 5.82. The molecular formula is C19H22F3IN4O2. The molecule has 0 aliphatic heterocycles. The van der Waals surface area contributed by atoms with Gasteiger partial charge in [0, 0.05) is 24.8 Å².